The third kappa shape index (κ3) is 2.74. The number of rotatable bonds is 4. The molecule has 2 nitrogen and oxygen atoms in total. The molecule has 100 valence electrons. The van der Waals surface area contributed by atoms with Gasteiger partial charge in [0.25, 0.3) is 0 Å². The number of thioether (sulfide) groups is 1. The summed E-state index contributed by atoms with van der Waals surface area (Å²) in [5.74, 6) is 0.671. The molecule has 1 heterocycles. The number of halogens is 1. The lowest BCUT2D eigenvalue weighted by molar-refractivity contribution is 0.0994. The van der Waals surface area contributed by atoms with E-state index >= 15 is 0 Å². The Morgan fingerprint density at radius 3 is 2.65 bits per heavy atom. The molecule has 0 bridgehead atoms. The van der Waals surface area contributed by atoms with E-state index in [0.29, 0.717) is 22.1 Å². The molecule has 3 rings (SSSR count). The maximum absolute atomic E-state index is 12.1. The van der Waals surface area contributed by atoms with Gasteiger partial charge in [0.1, 0.15) is 0 Å². The standard InChI is InChI=1S/C16H11ClO2S/c17-13-8-4-5-11-9-15(19-16(11)13)14(18)10-20-12-6-2-1-3-7-12/h1-9H,10H2. The minimum Gasteiger partial charge on any atom is -0.451 e. The molecule has 20 heavy (non-hydrogen) atoms. The summed E-state index contributed by atoms with van der Waals surface area (Å²) in [6.45, 7) is 0. The third-order valence-electron chi connectivity index (χ3n) is 2.88. The lowest BCUT2D eigenvalue weighted by atomic mass is 10.2. The molecule has 0 amide bonds. The summed E-state index contributed by atoms with van der Waals surface area (Å²) in [6, 6.07) is 17.0. The number of fused-ring (bicyclic) bond motifs is 1. The Bertz CT molecular complexity index is 750. The second-order valence-corrected chi connectivity index (χ2v) is 5.75. The van der Waals surface area contributed by atoms with E-state index in [1.165, 1.54) is 11.8 Å². The van der Waals surface area contributed by atoms with Crippen molar-refractivity contribution in [3.63, 3.8) is 0 Å². The molecule has 0 fully saturated rings. The van der Waals surface area contributed by atoms with Gasteiger partial charge >= 0.3 is 0 Å². The summed E-state index contributed by atoms with van der Waals surface area (Å²) in [4.78, 5) is 13.2. The number of ketones is 1. The van der Waals surface area contributed by atoms with Gasteiger partial charge in [0.2, 0.25) is 5.78 Å². The molecule has 0 aliphatic heterocycles. The number of hydrogen-bond donors (Lipinski definition) is 0. The average Bonchev–Trinajstić information content (AvgIpc) is 2.91. The summed E-state index contributed by atoms with van der Waals surface area (Å²) in [5, 5.41) is 1.38. The van der Waals surface area contributed by atoms with Crippen LogP contribution in [-0.2, 0) is 0 Å². The molecule has 0 aliphatic rings. The Labute approximate surface area is 125 Å². The maximum atomic E-state index is 12.1. The molecule has 2 aromatic carbocycles. The fraction of sp³-hybridized carbons (Fsp3) is 0.0625. The van der Waals surface area contributed by atoms with Crippen LogP contribution < -0.4 is 0 Å². The fourth-order valence-electron chi connectivity index (χ4n) is 1.90. The van der Waals surface area contributed by atoms with Gasteiger partial charge in [0.05, 0.1) is 10.8 Å². The van der Waals surface area contributed by atoms with E-state index in [2.05, 4.69) is 0 Å². The van der Waals surface area contributed by atoms with Gasteiger partial charge in [-0.15, -0.1) is 11.8 Å². The van der Waals surface area contributed by atoms with Crippen LogP contribution in [0.2, 0.25) is 5.02 Å². The van der Waals surface area contributed by atoms with Crippen molar-refractivity contribution in [2.24, 2.45) is 0 Å². The van der Waals surface area contributed by atoms with Gasteiger partial charge in [-0.25, -0.2) is 0 Å². The first-order valence-electron chi connectivity index (χ1n) is 6.13. The molecule has 3 aromatic rings. The van der Waals surface area contributed by atoms with E-state index in [4.69, 9.17) is 16.0 Å². The Morgan fingerprint density at radius 2 is 1.90 bits per heavy atom. The molecule has 0 radical (unpaired) electrons. The molecule has 0 unspecified atom stereocenters. The predicted molar refractivity (Wildman–Crippen MR) is 82.7 cm³/mol. The molecule has 4 heteroatoms. The largest absolute Gasteiger partial charge is 0.451 e. The minimum absolute atomic E-state index is 0.0360. The van der Waals surface area contributed by atoms with Crippen molar-refractivity contribution in [3.8, 4) is 0 Å². The average molecular weight is 303 g/mol. The lowest BCUT2D eigenvalue weighted by Crippen LogP contribution is -2.00. The fourth-order valence-corrected chi connectivity index (χ4v) is 2.91. The normalized spacial score (nSPS) is 10.8. The van der Waals surface area contributed by atoms with Crippen molar-refractivity contribution in [1.29, 1.82) is 0 Å². The van der Waals surface area contributed by atoms with Crippen molar-refractivity contribution in [3.05, 3.63) is 65.4 Å². The third-order valence-corrected chi connectivity index (χ3v) is 4.19. The van der Waals surface area contributed by atoms with E-state index < -0.39 is 0 Å². The summed E-state index contributed by atoms with van der Waals surface area (Å²) >= 11 is 7.53. The first-order valence-corrected chi connectivity index (χ1v) is 7.49. The highest BCUT2D eigenvalue weighted by Gasteiger charge is 2.14. The van der Waals surface area contributed by atoms with Gasteiger partial charge in [0, 0.05) is 10.3 Å². The number of hydrogen-bond acceptors (Lipinski definition) is 3. The Kier molecular flexibility index (Phi) is 3.81. The minimum atomic E-state index is -0.0360. The first kappa shape index (κ1) is 13.3. The van der Waals surface area contributed by atoms with Crippen LogP contribution in [0, 0.1) is 0 Å². The zero-order valence-electron chi connectivity index (χ0n) is 10.5. The summed E-state index contributed by atoms with van der Waals surface area (Å²) in [5.41, 5.74) is 0.572. The zero-order valence-corrected chi connectivity index (χ0v) is 12.1. The quantitative estimate of drug-likeness (QED) is 0.498. The van der Waals surface area contributed by atoms with Crippen molar-refractivity contribution >= 4 is 40.1 Å². The first-order chi connectivity index (χ1) is 9.74. The number of Topliss-reactive ketones (excluding diaryl/α,β-unsaturated/α-hetero) is 1. The van der Waals surface area contributed by atoms with Gasteiger partial charge in [-0.1, -0.05) is 41.9 Å². The van der Waals surface area contributed by atoms with Crippen LogP contribution in [0.25, 0.3) is 11.0 Å². The van der Waals surface area contributed by atoms with Gasteiger partial charge in [0.15, 0.2) is 11.3 Å². The van der Waals surface area contributed by atoms with E-state index in [9.17, 15) is 4.79 Å². The Hall–Kier alpha value is -1.71. The molecular weight excluding hydrogens is 292 g/mol. The second kappa shape index (κ2) is 5.73. The smallest absolute Gasteiger partial charge is 0.208 e. The number of para-hydroxylation sites is 1. The van der Waals surface area contributed by atoms with Crippen LogP contribution in [0.1, 0.15) is 10.6 Å². The van der Waals surface area contributed by atoms with E-state index in [0.717, 1.165) is 10.3 Å². The van der Waals surface area contributed by atoms with E-state index in [1.54, 1.807) is 12.1 Å². The molecule has 0 atom stereocenters. The topological polar surface area (TPSA) is 30.2 Å². The van der Waals surface area contributed by atoms with Gasteiger partial charge in [-0.05, 0) is 24.3 Å². The van der Waals surface area contributed by atoms with Crippen LogP contribution in [0.4, 0.5) is 0 Å². The number of carbonyl (C=O) groups excluding carboxylic acids is 1. The van der Waals surface area contributed by atoms with Crippen LogP contribution in [-0.4, -0.2) is 11.5 Å². The molecule has 0 saturated heterocycles. The lowest BCUT2D eigenvalue weighted by Gasteiger charge is -1.98. The van der Waals surface area contributed by atoms with Crippen LogP contribution in [0.5, 0.6) is 0 Å². The highest BCUT2D eigenvalue weighted by Crippen LogP contribution is 2.27. The summed E-state index contributed by atoms with van der Waals surface area (Å²) < 4.78 is 5.55. The second-order valence-electron chi connectivity index (χ2n) is 4.29. The Morgan fingerprint density at radius 1 is 1.10 bits per heavy atom. The molecule has 0 spiro atoms. The van der Waals surface area contributed by atoms with Crippen LogP contribution in [0.3, 0.4) is 0 Å². The highest BCUT2D eigenvalue weighted by molar-refractivity contribution is 8.00. The molecule has 0 aliphatic carbocycles. The molecular formula is C16H11ClO2S. The number of furan rings is 1. The van der Waals surface area contributed by atoms with Gasteiger partial charge in [-0.3, -0.25) is 4.79 Å². The highest BCUT2D eigenvalue weighted by atomic mass is 35.5. The Balaban J connectivity index is 1.77. The van der Waals surface area contributed by atoms with Crippen molar-refractivity contribution in [1.82, 2.24) is 0 Å². The zero-order chi connectivity index (χ0) is 13.9. The number of benzene rings is 2. The van der Waals surface area contributed by atoms with E-state index in [-0.39, 0.29) is 5.78 Å². The van der Waals surface area contributed by atoms with Gasteiger partial charge < -0.3 is 4.42 Å². The van der Waals surface area contributed by atoms with Crippen LogP contribution >= 0.6 is 23.4 Å². The number of carbonyl (C=O) groups is 1. The van der Waals surface area contributed by atoms with Crippen molar-refractivity contribution in [2.75, 3.05) is 5.75 Å². The summed E-state index contributed by atoms with van der Waals surface area (Å²) in [7, 11) is 0. The van der Waals surface area contributed by atoms with Crippen LogP contribution in [0.15, 0.2) is 63.9 Å². The van der Waals surface area contributed by atoms with Gasteiger partial charge in [-0.2, -0.15) is 0 Å². The molecule has 0 N–H and O–H groups in total. The van der Waals surface area contributed by atoms with E-state index in [1.807, 2.05) is 42.5 Å². The predicted octanol–water partition coefficient (Wildman–Crippen LogP) is 5.06. The maximum Gasteiger partial charge on any atom is 0.208 e. The van der Waals surface area contributed by atoms with Crippen molar-refractivity contribution in [2.45, 2.75) is 4.90 Å². The summed E-state index contributed by atoms with van der Waals surface area (Å²) in [6.07, 6.45) is 0. The molecule has 0 saturated carbocycles. The van der Waals surface area contributed by atoms with Crippen molar-refractivity contribution < 1.29 is 9.21 Å². The SMILES string of the molecule is O=C(CSc1ccccc1)c1cc2cccc(Cl)c2o1. The molecule has 1 aromatic heterocycles. The monoisotopic (exact) mass is 302 g/mol.